The lowest BCUT2D eigenvalue weighted by Gasteiger charge is -2.10. The Morgan fingerprint density at radius 3 is 2.43 bits per heavy atom. The Kier molecular flexibility index (Phi) is 6.23. The van der Waals surface area contributed by atoms with Gasteiger partial charge in [0.15, 0.2) is 0 Å². The molecule has 10 nitrogen and oxygen atoms in total. The second kappa shape index (κ2) is 9.01. The van der Waals surface area contributed by atoms with Gasteiger partial charge in [0.2, 0.25) is 0 Å². The molecule has 0 spiro atoms. The Balaban J connectivity index is 1.82. The summed E-state index contributed by atoms with van der Waals surface area (Å²) in [5.74, 6) is 0.566. The molecule has 1 aromatic heterocycles. The zero-order valence-corrected chi connectivity index (χ0v) is 16.5. The molecule has 11 heteroatoms. The van der Waals surface area contributed by atoms with Crippen LogP contribution >= 0.6 is 0 Å². The van der Waals surface area contributed by atoms with Crippen LogP contribution in [0, 0.1) is 10.1 Å². The predicted molar refractivity (Wildman–Crippen MR) is 112 cm³/mol. The number of methoxy groups -OCH3 is 1. The van der Waals surface area contributed by atoms with Crippen LogP contribution in [0.3, 0.4) is 0 Å². The molecular weight excluding hydrogens is 410 g/mol. The number of hydrogen-bond acceptors (Lipinski definition) is 8. The number of benzene rings is 2. The van der Waals surface area contributed by atoms with Gasteiger partial charge >= 0.3 is 0 Å². The Morgan fingerprint density at radius 1 is 1.10 bits per heavy atom. The molecule has 0 amide bonds. The molecule has 0 bridgehead atoms. The van der Waals surface area contributed by atoms with Gasteiger partial charge in [-0.25, -0.2) is 8.42 Å². The van der Waals surface area contributed by atoms with Crippen LogP contribution in [0.2, 0.25) is 0 Å². The fourth-order valence-corrected chi connectivity index (χ4v) is 3.50. The molecule has 0 fully saturated rings. The van der Waals surface area contributed by atoms with Crippen LogP contribution in [0.25, 0.3) is 0 Å². The van der Waals surface area contributed by atoms with Crippen LogP contribution in [-0.4, -0.2) is 31.6 Å². The van der Waals surface area contributed by atoms with Crippen molar-refractivity contribution in [2.75, 3.05) is 17.3 Å². The summed E-state index contributed by atoms with van der Waals surface area (Å²) in [6, 6.07) is 13.1. The van der Waals surface area contributed by atoms with Crippen molar-refractivity contribution in [2.24, 2.45) is 5.10 Å². The largest absolute Gasteiger partial charge is 0.497 e. The third-order valence-electron chi connectivity index (χ3n) is 3.92. The first-order chi connectivity index (χ1) is 14.4. The maximum atomic E-state index is 12.6. The minimum atomic E-state index is -4.04. The SMILES string of the molecule is COc1ccc(NS(=O)(=O)c2ccc(NN=Cc3ccncc3)c([N+](=O)[O-])c2)cc1. The van der Waals surface area contributed by atoms with Crippen molar-refractivity contribution in [3.63, 3.8) is 0 Å². The molecule has 1 heterocycles. The summed E-state index contributed by atoms with van der Waals surface area (Å²) in [5, 5.41) is 15.4. The van der Waals surface area contributed by atoms with E-state index in [0.29, 0.717) is 11.4 Å². The van der Waals surface area contributed by atoms with Crippen molar-refractivity contribution >= 4 is 33.3 Å². The number of nitrogens with one attached hydrogen (secondary N) is 2. The first-order valence-corrected chi connectivity index (χ1v) is 10.0. The van der Waals surface area contributed by atoms with Crippen molar-refractivity contribution in [1.29, 1.82) is 0 Å². The fourth-order valence-electron chi connectivity index (χ4n) is 2.42. The van der Waals surface area contributed by atoms with E-state index in [9.17, 15) is 18.5 Å². The number of aromatic nitrogens is 1. The van der Waals surface area contributed by atoms with Crippen LogP contribution < -0.4 is 14.9 Å². The van der Waals surface area contributed by atoms with Crippen LogP contribution in [0.1, 0.15) is 5.56 Å². The standard InChI is InChI=1S/C19H17N5O5S/c1-29-16-4-2-15(3-5-16)23-30(27,28)17-6-7-18(19(12-17)24(25)26)22-21-13-14-8-10-20-11-9-14/h2-13,22-23H,1H3. The number of hydrazone groups is 1. The van der Waals surface area contributed by atoms with E-state index in [1.54, 1.807) is 36.7 Å². The van der Waals surface area contributed by atoms with Gasteiger partial charge < -0.3 is 4.74 Å². The highest BCUT2D eigenvalue weighted by atomic mass is 32.2. The smallest absolute Gasteiger partial charge is 0.295 e. The lowest BCUT2D eigenvalue weighted by atomic mass is 10.3. The van der Waals surface area contributed by atoms with Crippen LogP contribution in [0.4, 0.5) is 17.1 Å². The lowest BCUT2D eigenvalue weighted by Crippen LogP contribution is -2.13. The van der Waals surface area contributed by atoms with Crippen LogP contribution in [0.5, 0.6) is 5.75 Å². The van der Waals surface area contributed by atoms with E-state index in [2.05, 4.69) is 20.2 Å². The maximum Gasteiger partial charge on any atom is 0.295 e. The van der Waals surface area contributed by atoms with Gasteiger partial charge in [-0.05, 0) is 54.1 Å². The minimum Gasteiger partial charge on any atom is -0.497 e. The van der Waals surface area contributed by atoms with Crippen LogP contribution in [-0.2, 0) is 10.0 Å². The zero-order chi connectivity index (χ0) is 21.6. The van der Waals surface area contributed by atoms with Crippen LogP contribution in [0.15, 0.2) is 77.0 Å². The molecule has 0 saturated carbocycles. The monoisotopic (exact) mass is 427 g/mol. The van der Waals surface area contributed by atoms with Gasteiger partial charge in [-0.3, -0.25) is 25.2 Å². The van der Waals surface area contributed by atoms with Gasteiger partial charge in [0, 0.05) is 24.1 Å². The highest BCUT2D eigenvalue weighted by Gasteiger charge is 2.21. The summed E-state index contributed by atoms with van der Waals surface area (Å²) in [6.45, 7) is 0. The number of nitrogens with zero attached hydrogens (tertiary/aromatic N) is 3. The van der Waals surface area contributed by atoms with E-state index in [4.69, 9.17) is 4.74 Å². The van der Waals surface area contributed by atoms with Crippen molar-refractivity contribution in [3.05, 3.63) is 82.7 Å². The highest BCUT2D eigenvalue weighted by molar-refractivity contribution is 7.92. The lowest BCUT2D eigenvalue weighted by molar-refractivity contribution is -0.384. The number of anilines is 2. The van der Waals surface area contributed by atoms with E-state index in [1.165, 1.54) is 37.6 Å². The van der Waals surface area contributed by atoms with Gasteiger partial charge in [0.25, 0.3) is 15.7 Å². The number of pyridine rings is 1. The predicted octanol–water partition coefficient (Wildman–Crippen LogP) is 3.25. The average molecular weight is 427 g/mol. The topological polar surface area (TPSA) is 136 Å². The molecule has 0 aliphatic carbocycles. The molecule has 0 aliphatic rings. The Morgan fingerprint density at radius 2 is 1.80 bits per heavy atom. The van der Waals surface area contributed by atoms with Gasteiger partial charge in [0.1, 0.15) is 11.4 Å². The van der Waals surface area contributed by atoms with E-state index in [-0.39, 0.29) is 10.6 Å². The maximum absolute atomic E-state index is 12.6. The van der Waals surface area contributed by atoms with E-state index in [0.717, 1.165) is 11.6 Å². The fraction of sp³-hybridized carbons (Fsp3) is 0.0526. The first-order valence-electron chi connectivity index (χ1n) is 8.53. The summed E-state index contributed by atoms with van der Waals surface area (Å²) in [7, 11) is -2.54. The number of ether oxygens (including phenoxy) is 1. The molecule has 0 aliphatic heterocycles. The quantitative estimate of drug-likeness (QED) is 0.320. The molecule has 0 saturated heterocycles. The van der Waals surface area contributed by atoms with Gasteiger partial charge in [0.05, 0.1) is 23.1 Å². The second-order valence-electron chi connectivity index (χ2n) is 5.92. The molecule has 154 valence electrons. The Hall–Kier alpha value is -3.99. The third-order valence-corrected chi connectivity index (χ3v) is 5.30. The van der Waals surface area contributed by atoms with Gasteiger partial charge in [-0.15, -0.1) is 0 Å². The van der Waals surface area contributed by atoms with Crippen molar-refractivity contribution in [2.45, 2.75) is 4.90 Å². The third kappa shape index (κ3) is 5.08. The van der Waals surface area contributed by atoms with Gasteiger partial charge in [-0.2, -0.15) is 5.10 Å². The number of nitro benzene ring substituents is 1. The summed E-state index contributed by atoms with van der Waals surface area (Å²) >= 11 is 0. The van der Waals surface area contributed by atoms with E-state index in [1.807, 2.05) is 0 Å². The van der Waals surface area contributed by atoms with Gasteiger partial charge in [-0.1, -0.05) is 0 Å². The summed E-state index contributed by atoms with van der Waals surface area (Å²) in [5.41, 5.74) is 3.21. The average Bonchev–Trinajstić information content (AvgIpc) is 2.74. The molecule has 2 N–H and O–H groups in total. The van der Waals surface area contributed by atoms with E-state index >= 15 is 0 Å². The molecule has 2 aromatic carbocycles. The summed E-state index contributed by atoms with van der Waals surface area (Å²) in [6.07, 6.45) is 4.62. The molecule has 0 atom stereocenters. The Bertz CT molecular complexity index is 1170. The van der Waals surface area contributed by atoms with Crippen molar-refractivity contribution in [3.8, 4) is 5.75 Å². The first kappa shape index (κ1) is 20.7. The zero-order valence-electron chi connectivity index (χ0n) is 15.7. The normalized spacial score (nSPS) is 11.2. The molecule has 3 rings (SSSR count). The number of rotatable bonds is 8. The molecule has 3 aromatic rings. The van der Waals surface area contributed by atoms with E-state index < -0.39 is 20.6 Å². The molecule has 0 unspecified atom stereocenters. The Labute approximate surface area is 172 Å². The molecule has 30 heavy (non-hydrogen) atoms. The van der Waals surface area contributed by atoms with Crippen molar-refractivity contribution in [1.82, 2.24) is 4.98 Å². The molecular formula is C19H17N5O5S. The number of sulfonamides is 1. The second-order valence-corrected chi connectivity index (χ2v) is 7.60. The number of nitro groups is 1. The summed E-state index contributed by atoms with van der Waals surface area (Å²) < 4.78 is 32.6. The molecule has 0 radical (unpaired) electrons. The van der Waals surface area contributed by atoms with Crippen molar-refractivity contribution < 1.29 is 18.1 Å². The minimum absolute atomic E-state index is 0.0497. The highest BCUT2D eigenvalue weighted by Crippen LogP contribution is 2.29. The number of hydrogen-bond donors (Lipinski definition) is 2. The summed E-state index contributed by atoms with van der Waals surface area (Å²) in [4.78, 5) is 14.4.